The van der Waals surface area contributed by atoms with Crippen molar-refractivity contribution in [2.75, 3.05) is 0 Å². The van der Waals surface area contributed by atoms with E-state index in [1.54, 1.807) is 18.2 Å². The van der Waals surface area contributed by atoms with E-state index in [4.69, 9.17) is 5.11 Å². The minimum Gasteiger partial charge on any atom is -0.478 e. The largest absolute Gasteiger partial charge is 0.478 e. The first-order chi connectivity index (χ1) is 15.3. The predicted octanol–water partition coefficient (Wildman–Crippen LogP) is 3.46. The number of nitrogens with zero attached hydrogens (tertiary/aromatic N) is 1. The molecular weight excluding hydrogens is 426 g/mol. The quantitative estimate of drug-likeness (QED) is 0.621. The van der Waals surface area contributed by atoms with Crippen molar-refractivity contribution >= 4 is 21.9 Å². The van der Waals surface area contributed by atoms with E-state index in [0.29, 0.717) is 28.7 Å². The van der Waals surface area contributed by atoms with Gasteiger partial charge in [-0.25, -0.2) is 17.5 Å². The molecule has 1 aliphatic heterocycles. The standard InChI is InChI=1S/C25H19NO5S/c27-24-23-15-19(8-4-7-18-5-2-1-3-6-18)9-14-22(23)17-32(30,31)26(24)16-20-10-12-21(13-11-20)25(28)29/h1-3,5-6,9-15H,7,16-17H2,(H,28,29). The van der Waals surface area contributed by atoms with Crippen LogP contribution < -0.4 is 0 Å². The summed E-state index contributed by atoms with van der Waals surface area (Å²) in [6.45, 7) is -0.162. The molecular formula is C25H19NO5S. The van der Waals surface area contributed by atoms with Gasteiger partial charge in [-0.1, -0.05) is 60.4 Å². The summed E-state index contributed by atoms with van der Waals surface area (Å²) in [6, 6.07) is 20.6. The molecule has 160 valence electrons. The minimum atomic E-state index is -3.85. The molecule has 1 heterocycles. The zero-order valence-electron chi connectivity index (χ0n) is 17.0. The van der Waals surface area contributed by atoms with Gasteiger partial charge in [0.05, 0.1) is 17.9 Å². The Bertz CT molecular complexity index is 1350. The minimum absolute atomic E-state index is 0.0886. The molecule has 3 aromatic rings. The van der Waals surface area contributed by atoms with Gasteiger partial charge in [-0.3, -0.25) is 4.79 Å². The summed E-state index contributed by atoms with van der Waals surface area (Å²) in [7, 11) is -3.85. The molecule has 1 N–H and O–H groups in total. The summed E-state index contributed by atoms with van der Waals surface area (Å²) in [4.78, 5) is 24.1. The average Bonchev–Trinajstić information content (AvgIpc) is 2.78. The first kappa shape index (κ1) is 21.3. The van der Waals surface area contributed by atoms with E-state index in [0.717, 1.165) is 9.87 Å². The Balaban J connectivity index is 1.58. The van der Waals surface area contributed by atoms with Gasteiger partial charge in [0.2, 0.25) is 10.0 Å². The fourth-order valence-corrected chi connectivity index (χ4v) is 4.94. The van der Waals surface area contributed by atoms with Crippen molar-refractivity contribution in [3.05, 3.63) is 106 Å². The first-order valence-corrected chi connectivity index (χ1v) is 11.5. The van der Waals surface area contributed by atoms with Gasteiger partial charge in [0, 0.05) is 17.5 Å². The number of benzene rings is 3. The van der Waals surface area contributed by atoms with Crippen LogP contribution in [-0.4, -0.2) is 29.7 Å². The van der Waals surface area contributed by atoms with Crippen LogP contribution in [-0.2, 0) is 28.7 Å². The van der Waals surface area contributed by atoms with Crippen LogP contribution in [0.2, 0.25) is 0 Å². The lowest BCUT2D eigenvalue weighted by Gasteiger charge is -2.28. The van der Waals surface area contributed by atoms with Gasteiger partial charge in [0.25, 0.3) is 5.91 Å². The van der Waals surface area contributed by atoms with Crippen LogP contribution >= 0.6 is 0 Å². The molecule has 0 fully saturated rings. The summed E-state index contributed by atoms with van der Waals surface area (Å²) < 4.78 is 26.3. The summed E-state index contributed by atoms with van der Waals surface area (Å²) in [6.07, 6.45) is 0.568. The third kappa shape index (κ3) is 4.56. The smallest absolute Gasteiger partial charge is 0.335 e. The maximum Gasteiger partial charge on any atom is 0.335 e. The molecule has 1 amide bonds. The summed E-state index contributed by atoms with van der Waals surface area (Å²) >= 11 is 0. The Labute approximate surface area is 186 Å². The summed E-state index contributed by atoms with van der Waals surface area (Å²) in [5.74, 6) is 4.15. The molecule has 7 heteroatoms. The third-order valence-corrected chi connectivity index (χ3v) is 6.78. The van der Waals surface area contributed by atoms with E-state index in [2.05, 4.69) is 11.8 Å². The molecule has 1 aliphatic rings. The van der Waals surface area contributed by atoms with Crippen LogP contribution in [0.3, 0.4) is 0 Å². The normalized spacial score (nSPS) is 14.2. The molecule has 0 aliphatic carbocycles. The number of fused-ring (bicyclic) bond motifs is 1. The topological polar surface area (TPSA) is 91.8 Å². The van der Waals surface area contributed by atoms with Crippen LogP contribution in [0.5, 0.6) is 0 Å². The molecule has 0 unspecified atom stereocenters. The number of carbonyl (C=O) groups is 2. The second kappa shape index (κ2) is 8.69. The van der Waals surface area contributed by atoms with E-state index in [1.165, 1.54) is 24.3 Å². The van der Waals surface area contributed by atoms with Crippen LogP contribution in [0.15, 0.2) is 72.8 Å². The van der Waals surface area contributed by atoms with E-state index in [1.807, 2.05) is 30.3 Å². The van der Waals surface area contributed by atoms with Crippen molar-refractivity contribution in [1.29, 1.82) is 0 Å². The van der Waals surface area contributed by atoms with E-state index in [-0.39, 0.29) is 17.9 Å². The molecule has 4 rings (SSSR count). The molecule has 32 heavy (non-hydrogen) atoms. The molecule has 0 saturated heterocycles. The Morgan fingerprint density at radius 3 is 2.38 bits per heavy atom. The Morgan fingerprint density at radius 2 is 1.69 bits per heavy atom. The summed E-state index contributed by atoms with van der Waals surface area (Å²) in [5.41, 5.74) is 3.09. The Hall–Kier alpha value is -3.89. The highest BCUT2D eigenvalue weighted by Gasteiger charge is 2.36. The lowest BCUT2D eigenvalue weighted by atomic mass is 10.0. The number of carbonyl (C=O) groups excluding carboxylic acids is 1. The number of carboxylic acids is 1. The number of hydrogen-bond acceptors (Lipinski definition) is 4. The van der Waals surface area contributed by atoms with Crippen molar-refractivity contribution in [3.63, 3.8) is 0 Å². The average molecular weight is 445 g/mol. The fraction of sp³-hybridized carbons (Fsp3) is 0.120. The van der Waals surface area contributed by atoms with E-state index in [9.17, 15) is 18.0 Å². The highest BCUT2D eigenvalue weighted by Crippen LogP contribution is 2.27. The molecule has 0 atom stereocenters. The van der Waals surface area contributed by atoms with Crippen molar-refractivity contribution in [1.82, 2.24) is 4.31 Å². The molecule has 6 nitrogen and oxygen atoms in total. The van der Waals surface area contributed by atoms with Crippen LogP contribution in [0.4, 0.5) is 0 Å². The third-order valence-electron chi connectivity index (χ3n) is 5.14. The van der Waals surface area contributed by atoms with Crippen LogP contribution in [0.25, 0.3) is 0 Å². The second-order valence-corrected chi connectivity index (χ2v) is 9.30. The number of amides is 1. The van der Waals surface area contributed by atoms with Gasteiger partial charge in [-0.15, -0.1) is 0 Å². The van der Waals surface area contributed by atoms with Gasteiger partial charge >= 0.3 is 5.97 Å². The lowest BCUT2D eigenvalue weighted by molar-refractivity contribution is 0.0696. The number of hydrogen-bond donors (Lipinski definition) is 1. The zero-order valence-corrected chi connectivity index (χ0v) is 17.8. The van der Waals surface area contributed by atoms with Crippen molar-refractivity contribution in [2.24, 2.45) is 0 Å². The van der Waals surface area contributed by atoms with Gasteiger partial charge in [0.1, 0.15) is 0 Å². The Kier molecular flexibility index (Phi) is 5.80. The zero-order chi connectivity index (χ0) is 22.7. The van der Waals surface area contributed by atoms with Crippen LogP contribution in [0, 0.1) is 11.8 Å². The second-order valence-electron chi connectivity index (χ2n) is 7.41. The molecule has 0 spiro atoms. The molecule has 0 saturated carbocycles. The van der Waals surface area contributed by atoms with Crippen molar-refractivity contribution < 1.29 is 23.1 Å². The number of rotatable bonds is 4. The highest BCUT2D eigenvalue weighted by molar-refractivity contribution is 7.89. The van der Waals surface area contributed by atoms with E-state index >= 15 is 0 Å². The first-order valence-electron chi connectivity index (χ1n) is 9.86. The number of sulfonamides is 1. The fourth-order valence-electron chi connectivity index (χ4n) is 3.45. The van der Waals surface area contributed by atoms with Gasteiger partial charge < -0.3 is 5.11 Å². The molecule has 3 aromatic carbocycles. The molecule has 0 bridgehead atoms. The number of aromatic carboxylic acids is 1. The van der Waals surface area contributed by atoms with Crippen molar-refractivity contribution in [2.45, 2.75) is 18.7 Å². The predicted molar refractivity (Wildman–Crippen MR) is 119 cm³/mol. The Morgan fingerprint density at radius 1 is 0.969 bits per heavy atom. The van der Waals surface area contributed by atoms with Gasteiger partial charge in [-0.2, -0.15) is 0 Å². The molecule has 0 aromatic heterocycles. The van der Waals surface area contributed by atoms with Gasteiger partial charge in [0.15, 0.2) is 0 Å². The van der Waals surface area contributed by atoms with Gasteiger partial charge in [-0.05, 0) is 41.0 Å². The van der Waals surface area contributed by atoms with Crippen molar-refractivity contribution in [3.8, 4) is 11.8 Å². The molecule has 0 radical (unpaired) electrons. The SMILES string of the molecule is O=C(O)c1ccc(CN2C(=O)c3cc(C#CCc4ccccc4)ccc3CS2(=O)=O)cc1. The van der Waals surface area contributed by atoms with E-state index < -0.39 is 21.9 Å². The maximum absolute atomic E-state index is 13.1. The van der Waals surface area contributed by atoms with Crippen LogP contribution in [0.1, 0.15) is 43.0 Å². The maximum atomic E-state index is 13.1. The number of carboxylic acid groups (broad SMARTS) is 1. The summed E-state index contributed by atoms with van der Waals surface area (Å²) in [5, 5.41) is 9.01. The highest BCUT2D eigenvalue weighted by atomic mass is 32.2. The monoisotopic (exact) mass is 445 g/mol. The lowest BCUT2D eigenvalue weighted by Crippen LogP contribution is -2.41.